The summed E-state index contributed by atoms with van der Waals surface area (Å²) in [5, 5.41) is 18.1. The zero-order valence-electron chi connectivity index (χ0n) is 7.98. The molecular formula is C9H12O4S. The summed E-state index contributed by atoms with van der Waals surface area (Å²) < 4.78 is 5.04. The zero-order chi connectivity index (χ0) is 10.8. The van der Waals surface area contributed by atoms with Crippen LogP contribution in [0, 0.1) is 6.92 Å². The number of rotatable bonds is 4. The average molecular weight is 216 g/mol. The van der Waals surface area contributed by atoms with Gasteiger partial charge in [-0.05, 0) is 19.9 Å². The summed E-state index contributed by atoms with van der Waals surface area (Å²) in [7, 11) is 0. The van der Waals surface area contributed by atoms with E-state index in [0.717, 1.165) is 10.7 Å². The van der Waals surface area contributed by atoms with Crippen molar-refractivity contribution in [1.82, 2.24) is 0 Å². The fourth-order valence-electron chi connectivity index (χ4n) is 0.803. The van der Waals surface area contributed by atoms with Crippen LogP contribution in [0.2, 0.25) is 0 Å². The molecule has 14 heavy (non-hydrogen) atoms. The van der Waals surface area contributed by atoms with Crippen molar-refractivity contribution in [2.75, 3.05) is 5.75 Å². The topological polar surface area (TPSA) is 70.7 Å². The zero-order valence-corrected chi connectivity index (χ0v) is 8.80. The molecule has 0 aliphatic heterocycles. The van der Waals surface area contributed by atoms with E-state index in [4.69, 9.17) is 9.52 Å². The van der Waals surface area contributed by atoms with Crippen LogP contribution in [0.1, 0.15) is 12.7 Å². The SMILES string of the molecule is Cc1occc1SCC(C)(O)C(=O)O. The van der Waals surface area contributed by atoms with Gasteiger partial charge in [-0.1, -0.05) is 0 Å². The lowest BCUT2D eigenvalue weighted by Gasteiger charge is -2.16. The number of carboxylic acids is 1. The molecule has 1 aromatic rings. The molecule has 0 aliphatic rings. The van der Waals surface area contributed by atoms with Gasteiger partial charge in [0.2, 0.25) is 0 Å². The maximum absolute atomic E-state index is 10.6. The van der Waals surface area contributed by atoms with Crippen molar-refractivity contribution in [3.63, 3.8) is 0 Å². The van der Waals surface area contributed by atoms with Crippen molar-refractivity contribution < 1.29 is 19.4 Å². The molecule has 2 N–H and O–H groups in total. The summed E-state index contributed by atoms with van der Waals surface area (Å²) in [6, 6.07) is 1.75. The lowest BCUT2D eigenvalue weighted by Crippen LogP contribution is -2.37. The molecule has 1 atom stereocenters. The van der Waals surface area contributed by atoms with Gasteiger partial charge in [-0.3, -0.25) is 0 Å². The maximum atomic E-state index is 10.6. The first-order chi connectivity index (χ1) is 6.43. The molecular weight excluding hydrogens is 204 g/mol. The lowest BCUT2D eigenvalue weighted by molar-refractivity contribution is -0.154. The molecule has 1 unspecified atom stereocenters. The van der Waals surface area contributed by atoms with Gasteiger partial charge in [0.25, 0.3) is 0 Å². The van der Waals surface area contributed by atoms with E-state index in [1.807, 2.05) is 0 Å². The van der Waals surface area contributed by atoms with Crippen molar-refractivity contribution in [1.29, 1.82) is 0 Å². The average Bonchev–Trinajstić information content (AvgIpc) is 2.47. The predicted molar refractivity (Wildman–Crippen MR) is 52.4 cm³/mol. The molecule has 4 nitrogen and oxygen atoms in total. The first-order valence-electron chi connectivity index (χ1n) is 4.06. The standard InChI is InChI=1S/C9H12O4S/c1-6-7(3-4-13-6)14-5-9(2,12)8(10)11/h3-4,12H,5H2,1-2H3,(H,10,11). The third kappa shape index (κ3) is 2.52. The molecule has 0 bridgehead atoms. The smallest absolute Gasteiger partial charge is 0.336 e. The van der Waals surface area contributed by atoms with E-state index in [0.29, 0.717) is 0 Å². The fraction of sp³-hybridized carbons (Fsp3) is 0.444. The number of hydrogen-bond donors (Lipinski definition) is 2. The van der Waals surface area contributed by atoms with E-state index in [9.17, 15) is 9.90 Å². The van der Waals surface area contributed by atoms with Crippen molar-refractivity contribution in [2.45, 2.75) is 24.3 Å². The van der Waals surface area contributed by atoms with Crippen LogP contribution in [-0.2, 0) is 4.79 Å². The molecule has 1 heterocycles. The van der Waals surface area contributed by atoms with E-state index >= 15 is 0 Å². The van der Waals surface area contributed by atoms with E-state index in [-0.39, 0.29) is 5.75 Å². The highest BCUT2D eigenvalue weighted by Crippen LogP contribution is 2.26. The number of carboxylic acid groups (broad SMARTS) is 1. The molecule has 0 fully saturated rings. The summed E-state index contributed by atoms with van der Waals surface area (Å²) in [6.07, 6.45) is 1.53. The van der Waals surface area contributed by atoms with Crippen molar-refractivity contribution in [3.8, 4) is 0 Å². The summed E-state index contributed by atoms with van der Waals surface area (Å²) in [5.74, 6) is -0.384. The first kappa shape index (κ1) is 11.1. The van der Waals surface area contributed by atoms with Gasteiger partial charge in [-0.2, -0.15) is 0 Å². The number of thioether (sulfide) groups is 1. The van der Waals surface area contributed by atoms with Gasteiger partial charge >= 0.3 is 5.97 Å². The minimum Gasteiger partial charge on any atom is -0.479 e. The summed E-state index contributed by atoms with van der Waals surface area (Å²) >= 11 is 1.26. The highest BCUT2D eigenvalue weighted by Gasteiger charge is 2.30. The second-order valence-electron chi connectivity index (χ2n) is 3.21. The third-order valence-electron chi connectivity index (χ3n) is 1.78. The second-order valence-corrected chi connectivity index (χ2v) is 4.23. The minimum atomic E-state index is -1.70. The molecule has 5 heteroatoms. The van der Waals surface area contributed by atoms with Gasteiger partial charge < -0.3 is 14.6 Å². The molecule has 1 rings (SSSR count). The molecule has 0 saturated carbocycles. The highest BCUT2D eigenvalue weighted by molar-refractivity contribution is 7.99. The van der Waals surface area contributed by atoms with Crippen LogP contribution in [0.25, 0.3) is 0 Å². The van der Waals surface area contributed by atoms with Crippen LogP contribution in [0.4, 0.5) is 0 Å². The Hall–Kier alpha value is -0.940. The van der Waals surface area contributed by atoms with Crippen molar-refractivity contribution in [2.24, 2.45) is 0 Å². The molecule has 78 valence electrons. The number of hydrogen-bond acceptors (Lipinski definition) is 4. The minimum absolute atomic E-state index is 0.0999. The number of aliphatic hydroxyl groups is 1. The van der Waals surface area contributed by atoms with Gasteiger partial charge in [-0.15, -0.1) is 11.8 Å². The van der Waals surface area contributed by atoms with E-state index in [1.165, 1.54) is 24.9 Å². The number of aryl methyl sites for hydroxylation is 1. The summed E-state index contributed by atoms with van der Waals surface area (Å²) in [5.41, 5.74) is -1.70. The quantitative estimate of drug-likeness (QED) is 0.746. The molecule has 1 aromatic heterocycles. The van der Waals surface area contributed by atoms with Crippen molar-refractivity contribution >= 4 is 17.7 Å². The second kappa shape index (κ2) is 4.06. The Morgan fingerprint density at radius 1 is 1.71 bits per heavy atom. The molecule has 0 radical (unpaired) electrons. The Kier molecular flexibility index (Phi) is 3.23. The van der Waals surface area contributed by atoms with Crippen LogP contribution in [0.15, 0.2) is 21.6 Å². The third-order valence-corrected chi connectivity index (χ3v) is 3.22. The monoisotopic (exact) mass is 216 g/mol. The van der Waals surface area contributed by atoms with Gasteiger partial charge in [-0.25, -0.2) is 4.79 Å². The van der Waals surface area contributed by atoms with Crippen LogP contribution < -0.4 is 0 Å². The molecule has 0 saturated heterocycles. The molecule has 0 aromatic carbocycles. The van der Waals surface area contributed by atoms with Gasteiger partial charge in [0.15, 0.2) is 5.60 Å². The van der Waals surface area contributed by atoms with Gasteiger partial charge in [0.05, 0.1) is 6.26 Å². The Labute approximate surface area is 85.9 Å². The number of aliphatic carboxylic acids is 1. The van der Waals surface area contributed by atoms with E-state index < -0.39 is 11.6 Å². The largest absolute Gasteiger partial charge is 0.479 e. The van der Waals surface area contributed by atoms with Crippen LogP contribution >= 0.6 is 11.8 Å². The molecule has 0 aliphatic carbocycles. The van der Waals surface area contributed by atoms with Crippen LogP contribution in [0.3, 0.4) is 0 Å². The van der Waals surface area contributed by atoms with Crippen LogP contribution in [0.5, 0.6) is 0 Å². The highest BCUT2D eigenvalue weighted by atomic mass is 32.2. The molecule has 0 amide bonds. The summed E-state index contributed by atoms with van der Waals surface area (Å²) in [4.78, 5) is 11.4. The summed E-state index contributed by atoms with van der Waals surface area (Å²) in [6.45, 7) is 3.07. The maximum Gasteiger partial charge on any atom is 0.336 e. The predicted octanol–water partition coefficient (Wildman–Crippen LogP) is 1.52. The van der Waals surface area contributed by atoms with Gasteiger partial charge in [0, 0.05) is 10.6 Å². The normalized spacial score (nSPS) is 15.1. The number of carbonyl (C=O) groups is 1. The first-order valence-corrected chi connectivity index (χ1v) is 5.05. The van der Waals surface area contributed by atoms with Crippen LogP contribution in [-0.4, -0.2) is 27.5 Å². The lowest BCUT2D eigenvalue weighted by atomic mass is 10.1. The Bertz CT molecular complexity index is 329. The fourth-order valence-corrected chi connectivity index (χ4v) is 1.77. The Morgan fingerprint density at radius 3 is 2.79 bits per heavy atom. The van der Waals surface area contributed by atoms with Gasteiger partial charge in [0.1, 0.15) is 5.76 Å². The Balaban J connectivity index is 2.57. The number of furan rings is 1. The Morgan fingerprint density at radius 2 is 2.36 bits per heavy atom. The van der Waals surface area contributed by atoms with E-state index in [1.54, 1.807) is 13.0 Å². The molecule has 0 spiro atoms. The van der Waals surface area contributed by atoms with E-state index in [2.05, 4.69) is 0 Å². The van der Waals surface area contributed by atoms with Crippen molar-refractivity contribution in [3.05, 3.63) is 18.1 Å².